The van der Waals surface area contributed by atoms with Crippen LogP contribution in [0.3, 0.4) is 0 Å². The zero-order valence-electron chi connectivity index (χ0n) is 8.94. The molecule has 0 saturated heterocycles. The van der Waals surface area contributed by atoms with Crippen LogP contribution in [0.4, 0.5) is 0 Å². The first-order chi connectivity index (χ1) is 6.17. The number of carboxylic acid groups (broad SMARTS) is 1. The van der Waals surface area contributed by atoms with Crippen LogP contribution in [0.25, 0.3) is 0 Å². The summed E-state index contributed by atoms with van der Waals surface area (Å²) in [4.78, 5) is 10.1. The Bertz CT molecular complexity index is 227. The van der Waals surface area contributed by atoms with Gasteiger partial charge in [-0.15, -0.1) is 0 Å². The van der Waals surface area contributed by atoms with Gasteiger partial charge in [0.15, 0.2) is 0 Å². The molecule has 0 aliphatic carbocycles. The van der Waals surface area contributed by atoms with E-state index in [1.165, 1.54) is 13.5 Å². The van der Waals surface area contributed by atoms with Crippen LogP contribution >= 0.6 is 0 Å². The molecule has 0 unspecified atom stereocenters. The molecule has 0 fully saturated rings. The van der Waals surface area contributed by atoms with Crippen molar-refractivity contribution in [3.63, 3.8) is 0 Å². The van der Waals surface area contributed by atoms with Crippen LogP contribution in [-0.4, -0.2) is 34.9 Å². The molecule has 14 heavy (non-hydrogen) atoms. The molecule has 0 saturated carbocycles. The van der Waals surface area contributed by atoms with Crippen molar-refractivity contribution < 1.29 is 19.7 Å². The van der Waals surface area contributed by atoms with E-state index < -0.39 is 17.2 Å². The van der Waals surface area contributed by atoms with Crippen LogP contribution in [0, 0.1) is 0 Å². The first-order valence-electron chi connectivity index (χ1n) is 4.30. The summed E-state index contributed by atoms with van der Waals surface area (Å²) in [7, 11) is 1.26. The summed E-state index contributed by atoms with van der Waals surface area (Å²) in [6.45, 7) is 6.69. The van der Waals surface area contributed by atoms with Crippen LogP contribution in [0.1, 0.15) is 27.7 Å². The molecule has 4 nitrogen and oxygen atoms in total. The van der Waals surface area contributed by atoms with Crippen LogP contribution in [0.5, 0.6) is 0 Å². The minimum absolute atomic E-state index is 0.768. The lowest BCUT2D eigenvalue weighted by Crippen LogP contribution is -2.47. The van der Waals surface area contributed by atoms with Crippen molar-refractivity contribution in [1.82, 2.24) is 0 Å². The Morgan fingerprint density at radius 3 is 2.21 bits per heavy atom. The molecule has 5 heteroatoms. The molecular formula is C9H16BO4. The predicted octanol–water partition coefficient (Wildman–Crippen LogP) is 0.770. The Hall–Kier alpha value is -0.805. The molecule has 0 rings (SSSR count). The van der Waals surface area contributed by atoms with Crippen molar-refractivity contribution in [2.45, 2.75) is 38.9 Å². The summed E-state index contributed by atoms with van der Waals surface area (Å²) in [5, 5.41) is 18.0. The smallest absolute Gasteiger partial charge is 0.327 e. The molecule has 0 aromatic heterocycles. The molecule has 0 heterocycles. The van der Waals surface area contributed by atoms with Gasteiger partial charge in [0.05, 0.1) is 11.2 Å². The minimum Gasteiger partial charge on any atom is -0.478 e. The lowest BCUT2D eigenvalue weighted by molar-refractivity contribution is -0.131. The van der Waals surface area contributed by atoms with E-state index in [0.29, 0.717) is 0 Å². The van der Waals surface area contributed by atoms with Gasteiger partial charge in [0, 0.05) is 6.08 Å². The fourth-order valence-electron chi connectivity index (χ4n) is 0.475. The van der Waals surface area contributed by atoms with Gasteiger partial charge >= 0.3 is 13.5 Å². The Balaban J connectivity index is 4.07. The SMILES string of the molecule is CC(C)(O)C(C)(C)O[B]/C=C/C(=O)O. The number of carboxylic acids is 1. The average Bonchev–Trinajstić information content (AvgIpc) is 1.95. The summed E-state index contributed by atoms with van der Waals surface area (Å²) in [6, 6.07) is 0. The highest BCUT2D eigenvalue weighted by atomic mass is 16.5. The van der Waals surface area contributed by atoms with E-state index >= 15 is 0 Å². The maximum Gasteiger partial charge on any atom is 0.327 e. The highest BCUT2D eigenvalue weighted by Crippen LogP contribution is 2.24. The second kappa shape index (κ2) is 4.62. The quantitative estimate of drug-likeness (QED) is 0.506. The van der Waals surface area contributed by atoms with Gasteiger partial charge in [-0.05, 0) is 27.7 Å². The maximum atomic E-state index is 10.1. The summed E-state index contributed by atoms with van der Waals surface area (Å²) in [5.41, 5.74) is -1.77. The third-order valence-corrected chi connectivity index (χ3v) is 2.15. The Kier molecular flexibility index (Phi) is 4.35. The minimum atomic E-state index is -1.04. The van der Waals surface area contributed by atoms with Crippen molar-refractivity contribution >= 4 is 13.5 Å². The molecule has 1 radical (unpaired) electrons. The largest absolute Gasteiger partial charge is 0.478 e. The predicted molar refractivity (Wildman–Crippen MR) is 54.0 cm³/mol. The highest BCUT2D eigenvalue weighted by molar-refractivity contribution is 6.35. The van der Waals surface area contributed by atoms with E-state index in [1.807, 2.05) is 0 Å². The first-order valence-corrected chi connectivity index (χ1v) is 4.30. The number of hydrogen-bond donors (Lipinski definition) is 2. The van der Waals surface area contributed by atoms with Crippen molar-refractivity contribution in [1.29, 1.82) is 0 Å². The van der Waals surface area contributed by atoms with E-state index in [1.54, 1.807) is 27.7 Å². The fourth-order valence-corrected chi connectivity index (χ4v) is 0.475. The maximum absolute atomic E-state index is 10.1. The van der Waals surface area contributed by atoms with Gasteiger partial charge in [0.25, 0.3) is 0 Å². The molecule has 2 N–H and O–H groups in total. The van der Waals surface area contributed by atoms with Crippen LogP contribution in [0.2, 0.25) is 0 Å². The summed E-state index contributed by atoms with van der Waals surface area (Å²) < 4.78 is 5.22. The van der Waals surface area contributed by atoms with E-state index in [0.717, 1.165) is 6.08 Å². The zero-order valence-corrected chi connectivity index (χ0v) is 8.94. The van der Waals surface area contributed by atoms with Crippen molar-refractivity contribution in [3.05, 3.63) is 12.1 Å². The van der Waals surface area contributed by atoms with Crippen LogP contribution in [-0.2, 0) is 9.45 Å². The topological polar surface area (TPSA) is 66.8 Å². The van der Waals surface area contributed by atoms with Gasteiger partial charge in [-0.1, -0.05) is 5.98 Å². The van der Waals surface area contributed by atoms with E-state index in [-0.39, 0.29) is 0 Å². The standard InChI is InChI=1S/C9H16BO4/c1-8(2,13)9(3,4)14-10-6-5-7(11)12/h5-6,13H,1-4H3,(H,11,12)/b6-5+. The van der Waals surface area contributed by atoms with Crippen molar-refractivity contribution in [3.8, 4) is 0 Å². The zero-order chi connectivity index (χ0) is 11.4. The summed E-state index contributed by atoms with van der Waals surface area (Å²) in [5.74, 6) is 0.237. The van der Waals surface area contributed by atoms with Crippen molar-refractivity contribution in [2.24, 2.45) is 0 Å². The molecule has 0 spiro atoms. The van der Waals surface area contributed by atoms with Gasteiger partial charge < -0.3 is 14.9 Å². The third kappa shape index (κ3) is 4.44. The molecular weight excluding hydrogens is 183 g/mol. The number of rotatable bonds is 5. The lowest BCUT2D eigenvalue weighted by atomic mass is 9.86. The number of aliphatic hydroxyl groups is 1. The molecule has 0 aliphatic rings. The Morgan fingerprint density at radius 2 is 1.86 bits per heavy atom. The van der Waals surface area contributed by atoms with Crippen LogP contribution < -0.4 is 0 Å². The first kappa shape index (κ1) is 13.2. The lowest BCUT2D eigenvalue weighted by Gasteiger charge is -2.37. The van der Waals surface area contributed by atoms with Gasteiger partial charge in [-0.25, -0.2) is 4.79 Å². The third-order valence-electron chi connectivity index (χ3n) is 2.15. The number of carbonyl (C=O) groups is 1. The van der Waals surface area contributed by atoms with Crippen LogP contribution in [0.15, 0.2) is 12.1 Å². The molecule has 0 atom stereocenters. The second-order valence-corrected chi connectivity index (χ2v) is 4.02. The monoisotopic (exact) mass is 199 g/mol. The van der Waals surface area contributed by atoms with Gasteiger partial charge in [-0.3, -0.25) is 0 Å². The molecule has 0 aromatic carbocycles. The summed E-state index contributed by atoms with van der Waals surface area (Å²) in [6.07, 6.45) is 0.959. The molecule has 79 valence electrons. The molecule has 0 aromatic rings. The second-order valence-electron chi connectivity index (χ2n) is 4.02. The van der Waals surface area contributed by atoms with Gasteiger partial charge in [-0.2, -0.15) is 0 Å². The summed E-state index contributed by atoms with van der Waals surface area (Å²) >= 11 is 0. The number of hydrogen-bond acceptors (Lipinski definition) is 3. The van der Waals surface area contributed by atoms with Gasteiger partial charge in [0.2, 0.25) is 0 Å². The average molecular weight is 199 g/mol. The Labute approximate surface area is 84.9 Å². The van der Waals surface area contributed by atoms with E-state index in [9.17, 15) is 9.90 Å². The van der Waals surface area contributed by atoms with E-state index in [2.05, 4.69) is 0 Å². The van der Waals surface area contributed by atoms with Crippen molar-refractivity contribution in [2.75, 3.05) is 0 Å². The highest BCUT2D eigenvalue weighted by Gasteiger charge is 2.35. The Morgan fingerprint density at radius 1 is 1.36 bits per heavy atom. The number of aliphatic carboxylic acids is 1. The molecule has 0 bridgehead atoms. The fraction of sp³-hybridized carbons (Fsp3) is 0.667. The van der Waals surface area contributed by atoms with Gasteiger partial charge in [0.1, 0.15) is 0 Å². The van der Waals surface area contributed by atoms with E-state index in [4.69, 9.17) is 9.76 Å². The normalized spacial score (nSPS) is 13.2. The molecule has 0 aliphatic heterocycles. The molecule has 0 amide bonds.